The third-order valence-corrected chi connectivity index (χ3v) is 3.65. The van der Waals surface area contributed by atoms with Gasteiger partial charge in [0, 0.05) is 20.6 Å². The quantitative estimate of drug-likeness (QED) is 0.838. The molecule has 6 heteroatoms. The van der Waals surface area contributed by atoms with E-state index >= 15 is 0 Å². The summed E-state index contributed by atoms with van der Waals surface area (Å²) in [6.45, 7) is 1.77. The van der Waals surface area contributed by atoms with Gasteiger partial charge in [-0.2, -0.15) is 5.10 Å². The Labute approximate surface area is 112 Å². The number of nitrogens with two attached hydrogens (primary N) is 1. The predicted octanol–water partition coefficient (Wildman–Crippen LogP) is 1.43. The number of nitrogens with zero attached hydrogens (tertiary/aromatic N) is 2. The Morgan fingerprint density at radius 3 is 2.68 bits per heavy atom. The lowest BCUT2D eigenvalue weighted by atomic mass is 9.95. The summed E-state index contributed by atoms with van der Waals surface area (Å²) < 4.78 is 12.3. The van der Waals surface area contributed by atoms with Crippen LogP contribution in [-0.4, -0.2) is 35.1 Å². The molecule has 1 aliphatic rings. The fourth-order valence-corrected chi connectivity index (χ4v) is 2.55. The molecular formula is C13H21N3O3. The molecule has 1 fully saturated rings. The minimum atomic E-state index is -0.401. The van der Waals surface area contributed by atoms with Crippen LogP contribution in [0.5, 0.6) is 0 Å². The van der Waals surface area contributed by atoms with E-state index in [4.69, 9.17) is 15.2 Å². The van der Waals surface area contributed by atoms with E-state index in [-0.39, 0.29) is 12.2 Å². The number of hydrogen-bond acceptors (Lipinski definition) is 5. The molecule has 1 aliphatic carbocycles. The van der Waals surface area contributed by atoms with Gasteiger partial charge in [-0.25, -0.2) is 4.79 Å². The van der Waals surface area contributed by atoms with E-state index in [1.807, 2.05) is 0 Å². The van der Waals surface area contributed by atoms with Gasteiger partial charge in [-0.3, -0.25) is 4.68 Å². The molecule has 0 bridgehead atoms. The van der Waals surface area contributed by atoms with E-state index < -0.39 is 5.97 Å². The van der Waals surface area contributed by atoms with Crippen LogP contribution < -0.4 is 5.73 Å². The third kappa shape index (κ3) is 2.89. The molecular weight excluding hydrogens is 246 g/mol. The first kappa shape index (κ1) is 13.9. The highest BCUT2D eigenvalue weighted by atomic mass is 16.5. The summed E-state index contributed by atoms with van der Waals surface area (Å²) in [7, 11) is 3.39. The third-order valence-electron chi connectivity index (χ3n) is 3.65. The molecule has 1 aromatic heterocycles. The average molecular weight is 267 g/mol. The van der Waals surface area contributed by atoms with Crippen LogP contribution >= 0.6 is 0 Å². The minimum Gasteiger partial charge on any atom is -0.458 e. The molecule has 1 aromatic rings. The lowest BCUT2D eigenvalue weighted by Crippen LogP contribution is -2.30. The summed E-state index contributed by atoms with van der Waals surface area (Å²) in [5.41, 5.74) is 7.23. The number of carbonyl (C=O) groups is 1. The minimum absolute atomic E-state index is 0.0965. The Bertz CT molecular complexity index is 470. The van der Waals surface area contributed by atoms with Crippen LogP contribution in [0.2, 0.25) is 0 Å². The van der Waals surface area contributed by atoms with Crippen LogP contribution in [0.1, 0.15) is 41.9 Å². The van der Waals surface area contributed by atoms with Crippen molar-refractivity contribution in [2.75, 3.05) is 12.8 Å². The van der Waals surface area contributed by atoms with Gasteiger partial charge in [-0.15, -0.1) is 0 Å². The Kier molecular flexibility index (Phi) is 4.09. The van der Waals surface area contributed by atoms with Crippen molar-refractivity contribution in [3.63, 3.8) is 0 Å². The van der Waals surface area contributed by atoms with Crippen molar-refractivity contribution < 1.29 is 14.3 Å². The highest BCUT2D eigenvalue weighted by molar-refractivity contribution is 5.93. The van der Waals surface area contributed by atoms with Gasteiger partial charge in [0.25, 0.3) is 0 Å². The second-order valence-electron chi connectivity index (χ2n) is 5.02. The Balaban J connectivity index is 2.04. The van der Waals surface area contributed by atoms with E-state index in [9.17, 15) is 4.79 Å². The van der Waals surface area contributed by atoms with Crippen LogP contribution in [0.15, 0.2) is 0 Å². The molecule has 19 heavy (non-hydrogen) atoms. The van der Waals surface area contributed by atoms with E-state index in [0.717, 1.165) is 25.7 Å². The van der Waals surface area contributed by atoms with Gasteiger partial charge < -0.3 is 15.2 Å². The molecule has 1 saturated carbocycles. The Morgan fingerprint density at radius 1 is 1.42 bits per heavy atom. The summed E-state index contributed by atoms with van der Waals surface area (Å²) in [5.74, 6) is -0.401. The van der Waals surface area contributed by atoms with Crippen molar-refractivity contribution in [3.8, 4) is 0 Å². The SMILES string of the molecule is COC1CCCC(OC(=O)c2c(N)c(C)nn2C)C1. The number of methoxy groups -OCH3 is 1. The summed E-state index contributed by atoms with van der Waals surface area (Å²) in [4.78, 5) is 12.2. The molecule has 2 N–H and O–H groups in total. The zero-order chi connectivity index (χ0) is 14.0. The molecule has 0 saturated heterocycles. The summed E-state index contributed by atoms with van der Waals surface area (Å²) in [6.07, 6.45) is 3.74. The van der Waals surface area contributed by atoms with E-state index in [1.165, 1.54) is 4.68 Å². The number of carbonyl (C=O) groups excluding carboxylic acids is 1. The molecule has 6 nitrogen and oxygen atoms in total. The first-order chi connectivity index (χ1) is 9.02. The Morgan fingerprint density at radius 2 is 2.11 bits per heavy atom. The van der Waals surface area contributed by atoms with Crippen molar-refractivity contribution in [3.05, 3.63) is 11.4 Å². The van der Waals surface area contributed by atoms with Gasteiger partial charge in [0.1, 0.15) is 6.10 Å². The lowest BCUT2D eigenvalue weighted by Gasteiger charge is -2.27. The molecule has 2 rings (SSSR count). The smallest absolute Gasteiger partial charge is 0.359 e. The standard InChI is InChI=1S/C13H21N3O3/c1-8-11(14)12(16(2)15-8)13(17)19-10-6-4-5-9(7-10)18-3/h9-10H,4-7,14H2,1-3H3. The molecule has 1 heterocycles. The van der Waals surface area contributed by atoms with Crippen LogP contribution in [0.4, 0.5) is 5.69 Å². The Hall–Kier alpha value is -1.56. The number of esters is 1. The molecule has 0 aliphatic heterocycles. The summed E-state index contributed by atoms with van der Waals surface area (Å²) in [6, 6.07) is 0. The fourth-order valence-electron chi connectivity index (χ4n) is 2.55. The van der Waals surface area contributed by atoms with Crippen LogP contribution in [0.25, 0.3) is 0 Å². The largest absolute Gasteiger partial charge is 0.458 e. The van der Waals surface area contributed by atoms with Crippen LogP contribution in [0.3, 0.4) is 0 Å². The first-order valence-electron chi connectivity index (χ1n) is 6.55. The molecule has 0 aromatic carbocycles. The number of hydrogen-bond donors (Lipinski definition) is 1. The maximum absolute atomic E-state index is 12.2. The monoisotopic (exact) mass is 267 g/mol. The van der Waals surface area contributed by atoms with Gasteiger partial charge in [0.2, 0.25) is 0 Å². The molecule has 0 radical (unpaired) electrons. The lowest BCUT2D eigenvalue weighted by molar-refractivity contribution is -0.0155. The van der Waals surface area contributed by atoms with Crippen molar-refractivity contribution in [1.82, 2.24) is 9.78 Å². The van der Waals surface area contributed by atoms with Crippen molar-refractivity contribution in [2.45, 2.75) is 44.8 Å². The highest BCUT2D eigenvalue weighted by Gasteiger charge is 2.27. The van der Waals surface area contributed by atoms with E-state index in [2.05, 4.69) is 5.10 Å². The van der Waals surface area contributed by atoms with Crippen molar-refractivity contribution >= 4 is 11.7 Å². The second kappa shape index (κ2) is 5.61. The van der Waals surface area contributed by atoms with Gasteiger partial charge in [0.15, 0.2) is 5.69 Å². The molecule has 0 amide bonds. The maximum Gasteiger partial charge on any atom is 0.359 e. The number of nitrogen functional groups attached to an aromatic ring is 1. The van der Waals surface area contributed by atoms with Crippen LogP contribution in [0, 0.1) is 6.92 Å². The van der Waals surface area contributed by atoms with Crippen molar-refractivity contribution in [1.29, 1.82) is 0 Å². The molecule has 2 atom stereocenters. The first-order valence-corrected chi connectivity index (χ1v) is 6.55. The number of aryl methyl sites for hydroxylation is 2. The fraction of sp³-hybridized carbons (Fsp3) is 0.692. The van der Waals surface area contributed by atoms with Gasteiger partial charge in [-0.05, 0) is 26.2 Å². The van der Waals surface area contributed by atoms with E-state index in [1.54, 1.807) is 21.1 Å². The van der Waals surface area contributed by atoms with Crippen molar-refractivity contribution in [2.24, 2.45) is 7.05 Å². The zero-order valence-corrected chi connectivity index (χ0v) is 11.7. The average Bonchev–Trinajstić information content (AvgIpc) is 2.63. The summed E-state index contributed by atoms with van der Waals surface area (Å²) in [5, 5.41) is 4.12. The predicted molar refractivity (Wildman–Crippen MR) is 70.8 cm³/mol. The molecule has 0 spiro atoms. The van der Waals surface area contributed by atoms with Gasteiger partial charge in [-0.1, -0.05) is 0 Å². The highest BCUT2D eigenvalue weighted by Crippen LogP contribution is 2.25. The number of aromatic nitrogens is 2. The maximum atomic E-state index is 12.2. The number of rotatable bonds is 3. The normalized spacial score (nSPS) is 23.3. The number of anilines is 1. The van der Waals surface area contributed by atoms with Crippen LogP contribution in [-0.2, 0) is 16.5 Å². The van der Waals surface area contributed by atoms with Gasteiger partial charge >= 0.3 is 5.97 Å². The zero-order valence-electron chi connectivity index (χ0n) is 11.7. The molecule has 2 unspecified atom stereocenters. The molecule has 106 valence electrons. The van der Waals surface area contributed by atoms with Gasteiger partial charge in [0.05, 0.1) is 17.5 Å². The van der Waals surface area contributed by atoms with E-state index in [0.29, 0.717) is 17.1 Å². The number of ether oxygens (including phenoxy) is 2. The summed E-state index contributed by atoms with van der Waals surface area (Å²) >= 11 is 0. The topological polar surface area (TPSA) is 79.4 Å². The second-order valence-corrected chi connectivity index (χ2v) is 5.02.